The quantitative estimate of drug-likeness (QED) is 0.227. The van der Waals surface area contributed by atoms with Crippen LogP contribution in [0.4, 0.5) is 0 Å². The van der Waals surface area contributed by atoms with Crippen LogP contribution in [0.3, 0.4) is 0 Å². The summed E-state index contributed by atoms with van der Waals surface area (Å²) in [6, 6.07) is 27.1. The molecule has 0 spiro atoms. The number of hydrogen-bond donors (Lipinski definition) is 1. The van der Waals surface area contributed by atoms with Crippen molar-refractivity contribution >= 4 is 27.7 Å². The number of nitriles is 1. The minimum absolute atomic E-state index is 0.0277. The number of carbonyl (C=O) groups excluding carboxylic acids is 1. The highest BCUT2D eigenvalue weighted by Gasteiger charge is 2.32. The molecule has 2 heterocycles. The summed E-state index contributed by atoms with van der Waals surface area (Å²) in [4.78, 5) is 13.0. The average Bonchev–Trinajstić information content (AvgIpc) is 3.23. The fraction of sp³-hybridized carbons (Fsp3) is 0.0968. The largest absolute Gasteiger partial charge is 0.449 e. The molecule has 0 saturated carbocycles. The Labute approximate surface area is 213 Å². The van der Waals surface area contributed by atoms with E-state index in [0.717, 1.165) is 38.4 Å². The number of nitrogens with zero attached hydrogens (tertiary/aromatic N) is 1. The van der Waals surface area contributed by atoms with Gasteiger partial charge < -0.3 is 19.6 Å². The lowest BCUT2D eigenvalue weighted by Gasteiger charge is -2.27. The zero-order valence-corrected chi connectivity index (χ0v) is 20.2. The summed E-state index contributed by atoms with van der Waals surface area (Å²) >= 11 is 0. The van der Waals surface area contributed by atoms with Gasteiger partial charge in [-0.25, -0.2) is 4.79 Å². The Morgan fingerprint density at radius 3 is 2.59 bits per heavy atom. The van der Waals surface area contributed by atoms with E-state index in [0.29, 0.717) is 16.9 Å². The number of ether oxygens (including phenoxy) is 2. The van der Waals surface area contributed by atoms with Gasteiger partial charge in [-0.05, 0) is 47.9 Å². The standard InChI is InChI=1S/C31H22N2O4/c1-17-10-12-21-18(2)29(36-26(21)14-17)31(34)35-20-11-13-24-27(15-20)37-30(33)25(16-32)28(24)23-9-5-7-19-6-3-4-8-22(19)23/h3-15,28H,33H2,1-2H3. The molecule has 1 aromatic heterocycles. The zero-order valence-electron chi connectivity index (χ0n) is 20.2. The number of hydrogen-bond acceptors (Lipinski definition) is 6. The minimum Gasteiger partial charge on any atom is -0.449 e. The lowest BCUT2D eigenvalue weighted by Crippen LogP contribution is -2.21. The van der Waals surface area contributed by atoms with Crippen LogP contribution in [0.15, 0.2) is 94.7 Å². The van der Waals surface area contributed by atoms with E-state index < -0.39 is 11.9 Å². The fourth-order valence-corrected chi connectivity index (χ4v) is 5.00. The number of esters is 1. The van der Waals surface area contributed by atoms with E-state index in [1.165, 1.54) is 0 Å². The normalized spacial score (nSPS) is 14.8. The third kappa shape index (κ3) is 3.69. The van der Waals surface area contributed by atoms with Crippen molar-refractivity contribution in [2.24, 2.45) is 5.73 Å². The molecule has 1 unspecified atom stereocenters. The molecule has 1 aliphatic rings. The molecule has 6 rings (SSSR count). The van der Waals surface area contributed by atoms with Crippen LogP contribution in [0.1, 0.15) is 38.7 Å². The number of benzene rings is 4. The van der Waals surface area contributed by atoms with Gasteiger partial charge in [-0.15, -0.1) is 0 Å². The number of nitrogens with two attached hydrogens (primary N) is 1. The Morgan fingerprint density at radius 2 is 1.76 bits per heavy atom. The Hall–Kier alpha value is -5.02. The molecule has 6 heteroatoms. The maximum Gasteiger partial charge on any atom is 0.379 e. The summed E-state index contributed by atoms with van der Waals surface area (Å²) in [5.41, 5.74) is 10.6. The van der Waals surface area contributed by atoms with Crippen molar-refractivity contribution in [3.63, 3.8) is 0 Å². The first-order valence-electron chi connectivity index (χ1n) is 11.9. The number of allylic oxidation sites excluding steroid dienone is 1. The summed E-state index contributed by atoms with van der Waals surface area (Å²) < 4.78 is 17.3. The minimum atomic E-state index is -0.603. The smallest absolute Gasteiger partial charge is 0.379 e. The molecule has 0 fully saturated rings. The predicted octanol–water partition coefficient (Wildman–Crippen LogP) is 6.64. The lowest BCUT2D eigenvalue weighted by molar-refractivity contribution is 0.0702. The van der Waals surface area contributed by atoms with Crippen LogP contribution in [0.2, 0.25) is 0 Å². The Kier molecular flexibility index (Phi) is 5.20. The van der Waals surface area contributed by atoms with E-state index in [-0.39, 0.29) is 17.4 Å². The maximum absolute atomic E-state index is 13.0. The van der Waals surface area contributed by atoms with E-state index in [1.807, 2.05) is 80.6 Å². The fourth-order valence-electron chi connectivity index (χ4n) is 5.00. The van der Waals surface area contributed by atoms with Crippen LogP contribution >= 0.6 is 0 Å². The third-order valence-electron chi connectivity index (χ3n) is 6.81. The van der Waals surface area contributed by atoms with E-state index >= 15 is 0 Å². The molecule has 37 heavy (non-hydrogen) atoms. The maximum atomic E-state index is 13.0. The molecule has 0 saturated heterocycles. The van der Waals surface area contributed by atoms with Crippen molar-refractivity contribution in [2.45, 2.75) is 19.8 Å². The molecule has 1 aliphatic heterocycles. The van der Waals surface area contributed by atoms with Crippen LogP contribution < -0.4 is 15.2 Å². The Balaban J connectivity index is 1.39. The van der Waals surface area contributed by atoms with Crippen LogP contribution in [-0.2, 0) is 0 Å². The number of furan rings is 1. The topological polar surface area (TPSA) is 98.5 Å². The Morgan fingerprint density at radius 1 is 0.946 bits per heavy atom. The van der Waals surface area contributed by atoms with Crippen molar-refractivity contribution in [3.05, 3.63) is 118 Å². The highest BCUT2D eigenvalue weighted by atomic mass is 16.5. The van der Waals surface area contributed by atoms with Gasteiger partial charge in [0, 0.05) is 22.6 Å². The Bertz CT molecular complexity index is 1800. The third-order valence-corrected chi connectivity index (χ3v) is 6.81. The second-order valence-electron chi connectivity index (χ2n) is 9.14. The van der Waals surface area contributed by atoms with Crippen LogP contribution in [0.5, 0.6) is 11.5 Å². The molecule has 1 atom stereocenters. The van der Waals surface area contributed by atoms with Crippen molar-refractivity contribution in [3.8, 4) is 17.6 Å². The number of aryl methyl sites for hydroxylation is 2. The van der Waals surface area contributed by atoms with Crippen LogP contribution in [0, 0.1) is 25.2 Å². The molecule has 6 nitrogen and oxygen atoms in total. The molecule has 2 N–H and O–H groups in total. The first-order valence-corrected chi connectivity index (χ1v) is 11.9. The molecule has 0 aliphatic carbocycles. The molecule has 5 aromatic rings. The van der Waals surface area contributed by atoms with Gasteiger partial charge in [0.05, 0.1) is 5.92 Å². The van der Waals surface area contributed by atoms with E-state index in [2.05, 4.69) is 6.07 Å². The summed E-state index contributed by atoms with van der Waals surface area (Å²) in [5, 5.41) is 12.9. The first-order chi connectivity index (χ1) is 17.9. The van der Waals surface area contributed by atoms with Crippen molar-refractivity contribution in [1.82, 2.24) is 0 Å². The highest BCUT2D eigenvalue weighted by Crippen LogP contribution is 2.45. The summed E-state index contributed by atoms with van der Waals surface area (Å²) in [5.74, 6) is -0.139. The number of carbonyl (C=O) groups is 1. The van der Waals surface area contributed by atoms with Crippen molar-refractivity contribution in [2.75, 3.05) is 0 Å². The molecule has 0 radical (unpaired) electrons. The van der Waals surface area contributed by atoms with E-state index in [9.17, 15) is 10.1 Å². The molecule has 0 bridgehead atoms. The van der Waals surface area contributed by atoms with Gasteiger partial charge in [0.2, 0.25) is 11.6 Å². The molecular weight excluding hydrogens is 464 g/mol. The lowest BCUT2D eigenvalue weighted by atomic mass is 9.81. The van der Waals surface area contributed by atoms with Gasteiger partial charge in [-0.1, -0.05) is 60.7 Å². The number of rotatable bonds is 3. The average molecular weight is 487 g/mol. The molecule has 4 aromatic carbocycles. The van der Waals surface area contributed by atoms with Crippen molar-refractivity contribution in [1.29, 1.82) is 5.26 Å². The summed E-state index contributed by atoms with van der Waals surface area (Å²) in [7, 11) is 0. The van der Waals surface area contributed by atoms with Gasteiger partial charge >= 0.3 is 5.97 Å². The van der Waals surface area contributed by atoms with Crippen LogP contribution in [0.25, 0.3) is 21.7 Å². The SMILES string of the molecule is Cc1ccc2c(C)c(C(=O)Oc3ccc4c(c3)OC(N)=C(C#N)C4c3cccc4ccccc34)oc2c1. The second-order valence-corrected chi connectivity index (χ2v) is 9.14. The number of fused-ring (bicyclic) bond motifs is 3. The predicted molar refractivity (Wildman–Crippen MR) is 140 cm³/mol. The van der Waals surface area contributed by atoms with Crippen molar-refractivity contribution < 1.29 is 18.7 Å². The van der Waals surface area contributed by atoms with Gasteiger partial charge in [0.1, 0.15) is 28.7 Å². The molecular formula is C31H22N2O4. The second kappa shape index (κ2) is 8.58. The van der Waals surface area contributed by atoms with Gasteiger partial charge in [0.25, 0.3) is 0 Å². The monoisotopic (exact) mass is 486 g/mol. The summed E-state index contributed by atoms with van der Waals surface area (Å²) in [6.07, 6.45) is 0. The molecule has 180 valence electrons. The zero-order chi connectivity index (χ0) is 25.7. The van der Waals surface area contributed by atoms with Gasteiger partial charge in [0.15, 0.2) is 0 Å². The van der Waals surface area contributed by atoms with Gasteiger partial charge in [-0.3, -0.25) is 0 Å². The first kappa shape index (κ1) is 22.4. The molecule has 0 amide bonds. The van der Waals surface area contributed by atoms with E-state index in [4.69, 9.17) is 19.6 Å². The van der Waals surface area contributed by atoms with Gasteiger partial charge in [-0.2, -0.15) is 5.26 Å². The highest BCUT2D eigenvalue weighted by molar-refractivity contribution is 5.97. The van der Waals surface area contributed by atoms with Crippen LogP contribution in [-0.4, -0.2) is 5.97 Å². The van der Waals surface area contributed by atoms with E-state index in [1.54, 1.807) is 12.1 Å². The summed E-state index contributed by atoms with van der Waals surface area (Å²) in [6.45, 7) is 3.79.